The molecule has 0 aliphatic heterocycles. The van der Waals surface area contributed by atoms with Gasteiger partial charge in [0, 0.05) is 10.6 Å². The average Bonchev–Trinajstić information content (AvgIpc) is 2.79. The monoisotopic (exact) mass is 412 g/mol. The lowest BCUT2D eigenvalue weighted by molar-refractivity contribution is 0.299. The molecule has 1 aromatic heterocycles. The van der Waals surface area contributed by atoms with E-state index in [2.05, 4.69) is 18.2 Å². The minimum Gasteiger partial charge on any atom is -0.481 e. The lowest BCUT2D eigenvalue weighted by Gasteiger charge is -2.13. The Bertz CT molecular complexity index is 1420. The van der Waals surface area contributed by atoms with Crippen molar-refractivity contribution in [2.24, 2.45) is 0 Å². The maximum atomic E-state index is 13.3. The van der Waals surface area contributed by atoms with Crippen molar-refractivity contribution in [1.29, 1.82) is 0 Å². The van der Waals surface area contributed by atoms with Gasteiger partial charge in [0.15, 0.2) is 5.76 Å². The van der Waals surface area contributed by atoms with Crippen molar-refractivity contribution in [3.63, 3.8) is 0 Å². The molecule has 0 spiro atoms. The van der Waals surface area contributed by atoms with Gasteiger partial charge in [0.25, 0.3) is 0 Å². The van der Waals surface area contributed by atoms with Crippen LogP contribution in [0, 0.1) is 0 Å². The van der Waals surface area contributed by atoms with Gasteiger partial charge in [-0.25, -0.2) is 0 Å². The van der Waals surface area contributed by atoms with Gasteiger partial charge in [-0.2, -0.15) is 0 Å². The third-order valence-corrected chi connectivity index (χ3v) is 5.33. The Labute approximate surface area is 178 Å². The van der Waals surface area contributed by atoms with Crippen molar-refractivity contribution in [3.8, 4) is 17.1 Å². The summed E-state index contributed by atoms with van der Waals surface area (Å²) in [5.41, 5.74) is 2.01. The van der Waals surface area contributed by atoms with Crippen LogP contribution in [0.15, 0.2) is 100 Å². The van der Waals surface area contributed by atoms with Crippen LogP contribution in [0.2, 0.25) is 5.02 Å². The van der Waals surface area contributed by atoms with Gasteiger partial charge < -0.3 is 9.15 Å². The first-order valence-electron chi connectivity index (χ1n) is 9.62. The van der Waals surface area contributed by atoms with Crippen LogP contribution in [-0.2, 0) is 6.61 Å². The zero-order valence-electron chi connectivity index (χ0n) is 16.0. The van der Waals surface area contributed by atoms with Crippen LogP contribution in [0.1, 0.15) is 5.56 Å². The smallest absolute Gasteiger partial charge is 0.235 e. The van der Waals surface area contributed by atoms with Gasteiger partial charge in [0.05, 0.1) is 5.39 Å². The maximum Gasteiger partial charge on any atom is 0.235 e. The summed E-state index contributed by atoms with van der Waals surface area (Å²) in [6, 6.07) is 28.7. The Hall–Kier alpha value is -3.56. The Balaban J connectivity index is 1.65. The van der Waals surface area contributed by atoms with Crippen molar-refractivity contribution in [1.82, 2.24) is 0 Å². The topological polar surface area (TPSA) is 39.4 Å². The number of rotatable bonds is 4. The molecule has 30 heavy (non-hydrogen) atoms. The van der Waals surface area contributed by atoms with Crippen LogP contribution in [-0.4, -0.2) is 0 Å². The fraction of sp³-hybridized carbons (Fsp3) is 0.0385. The predicted octanol–water partition coefficient (Wildman–Crippen LogP) is 6.85. The maximum absolute atomic E-state index is 13.3. The molecule has 0 aliphatic carbocycles. The highest BCUT2D eigenvalue weighted by molar-refractivity contribution is 6.31. The molecule has 0 atom stereocenters. The molecule has 146 valence electrons. The molecule has 0 amide bonds. The lowest BCUT2D eigenvalue weighted by atomic mass is 10.1. The van der Waals surface area contributed by atoms with Crippen molar-refractivity contribution >= 4 is 33.3 Å². The molecule has 0 unspecified atom stereocenters. The first kappa shape index (κ1) is 18.5. The van der Waals surface area contributed by atoms with E-state index in [0.717, 1.165) is 21.9 Å². The molecule has 0 fully saturated rings. The number of benzene rings is 4. The molecule has 5 rings (SSSR count). The summed E-state index contributed by atoms with van der Waals surface area (Å²) in [5.74, 6) is 0.597. The molecule has 0 saturated heterocycles. The third kappa shape index (κ3) is 3.34. The predicted molar refractivity (Wildman–Crippen MR) is 121 cm³/mol. The molecule has 4 aromatic carbocycles. The molecule has 0 bridgehead atoms. The Morgan fingerprint density at radius 1 is 0.800 bits per heavy atom. The Morgan fingerprint density at radius 3 is 2.43 bits per heavy atom. The van der Waals surface area contributed by atoms with Gasteiger partial charge in [-0.05, 0) is 34.5 Å². The van der Waals surface area contributed by atoms with Crippen LogP contribution < -0.4 is 10.2 Å². The van der Waals surface area contributed by atoms with E-state index < -0.39 is 0 Å². The van der Waals surface area contributed by atoms with E-state index in [-0.39, 0.29) is 17.8 Å². The largest absolute Gasteiger partial charge is 0.481 e. The molecule has 0 radical (unpaired) electrons. The molecular formula is C26H17ClO3. The van der Waals surface area contributed by atoms with Gasteiger partial charge in [0.1, 0.15) is 12.2 Å². The standard InChI is InChI=1S/C26H17ClO3/c27-20-13-14-23-22(15-20)24(28)26(25(30-23)18-8-2-1-3-9-18)29-16-19-11-6-10-17-7-4-5-12-21(17)19/h1-15H,16H2. The van der Waals surface area contributed by atoms with Crippen molar-refractivity contribution in [3.05, 3.63) is 112 Å². The second kappa shape index (κ2) is 7.69. The normalized spacial score (nSPS) is 11.1. The van der Waals surface area contributed by atoms with Gasteiger partial charge in [-0.3, -0.25) is 4.79 Å². The SMILES string of the molecule is O=c1c(OCc2cccc3ccccc23)c(-c2ccccc2)oc2ccc(Cl)cc12. The summed E-state index contributed by atoms with van der Waals surface area (Å²) in [6.45, 7) is 0.248. The van der Waals surface area contributed by atoms with Crippen LogP contribution in [0.3, 0.4) is 0 Å². The first-order valence-corrected chi connectivity index (χ1v) is 10.00. The number of fused-ring (bicyclic) bond motifs is 2. The Morgan fingerprint density at radius 2 is 1.57 bits per heavy atom. The van der Waals surface area contributed by atoms with Gasteiger partial charge >= 0.3 is 0 Å². The first-order chi connectivity index (χ1) is 14.7. The summed E-state index contributed by atoms with van der Waals surface area (Å²) in [7, 11) is 0. The highest BCUT2D eigenvalue weighted by atomic mass is 35.5. The minimum absolute atomic E-state index is 0.184. The molecule has 0 N–H and O–H groups in total. The number of ether oxygens (including phenoxy) is 1. The highest BCUT2D eigenvalue weighted by Crippen LogP contribution is 2.32. The number of hydrogen-bond acceptors (Lipinski definition) is 3. The summed E-state index contributed by atoms with van der Waals surface area (Å²) in [6.07, 6.45) is 0. The third-order valence-electron chi connectivity index (χ3n) is 5.10. The summed E-state index contributed by atoms with van der Waals surface area (Å²) in [5, 5.41) is 3.09. The molecule has 3 nitrogen and oxygen atoms in total. The van der Waals surface area contributed by atoms with E-state index in [0.29, 0.717) is 21.8 Å². The highest BCUT2D eigenvalue weighted by Gasteiger charge is 2.18. The van der Waals surface area contributed by atoms with Crippen LogP contribution >= 0.6 is 11.6 Å². The van der Waals surface area contributed by atoms with Gasteiger partial charge in [-0.15, -0.1) is 0 Å². The lowest BCUT2D eigenvalue weighted by Crippen LogP contribution is -2.10. The molecule has 4 heteroatoms. The van der Waals surface area contributed by atoms with E-state index in [1.165, 1.54) is 0 Å². The van der Waals surface area contributed by atoms with E-state index >= 15 is 0 Å². The zero-order valence-corrected chi connectivity index (χ0v) is 16.7. The van der Waals surface area contributed by atoms with Crippen molar-refractivity contribution in [2.75, 3.05) is 0 Å². The van der Waals surface area contributed by atoms with Gasteiger partial charge in [0.2, 0.25) is 11.2 Å². The fourth-order valence-corrected chi connectivity index (χ4v) is 3.80. The zero-order chi connectivity index (χ0) is 20.5. The summed E-state index contributed by atoms with van der Waals surface area (Å²) >= 11 is 6.12. The van der Waals surface area contributed by atoms with E-state index in [9.17, 15) is 4.79 Å². The summed E-state index contributed by atoms with van der Waals surface area (Å²) in [4.78, 5) is 13.3. The van der Waals surface area contributed by atoms with Crippen LogP contribution in [0.25, 0.3) is 33.1 Å². The van der Waals surface area contributed by atoms with E-state index in [1.54, 1.807) is 18.2 Å². The molecule has 0 aliphatic rings. The second-order valence-electron chi connectivity index (χ2n) is 7.02. The average molecular weight is 413 g/mol. The molecular weight excluding hydrogens is 396 g/mol. The van der Waals surface area contributed by atoms with Crippen molar-refractivity contribution < 1.29 is 9.15 Å². The number of halogens is 1. The van der Waals surface area contributed by atoms with Crippen LogP contribution in [0.4, 0.5) is 0 Å². The van der Waals surface area contributed by atoms with Crippen LogP contribution in [0.5, 0.6) is 5.75 Å². The van der Waals surface area contributed by atoms with Gasteiger partial charge in [-0.1, -0.05) is 84.4 Å². The molecule has 0 saturated carbocycles. The minimum atomic E-state index is -0.238. The number of hydrogen-bond donors (Lipinski definition) is 0. The van der Waals surface area contributed by atoms with Crippen molar-refractivity contribution in [2.45, 2.75) is 6.61 Å². The molecule has 1 heterocycles. The second-order valence-corrected chi connectivity index (χ2v) is 7.46. The van der Waals surface area contributed by atoms with E-state index in [4.69, 9.17) is 20.8 Å². The fourth-order valence-electron chi connectivity index (χ4n) is 3.63. The molecule has 5 aromatic rings. The Kier molecular flexibility index (Phi) is 4.74. The quantitative estimate of drug-likeness (QED) is 0.324. The van der Waals surface area contributed by atoms with E-state index in [1.807, 2.05) is 54.6 Å². The summed E-state index contributed by atoms with van der Waals surface area (Å²) < 4.78 is 12.2.